The second-order valence-electron chi connectivity index (χ2n) is 9.08. The zero-order valence-corrected chi connectivity index (χ0v) is 23.6. The van der Waals surface area contributed by atoms with Crippen molar-refractivity contribution < 1.29 is 9.53 Å². The Labute approximate surface area is 234 Å². The summed E-state index contributed by atoms with van der Waals surface area (Å²) in [6.45, 7) is 2.58. The standard InChI is InChI=1S/C27H28ClN7O3S/c1-5-38-26(37)21-19(12-14-32(2)3)29-27(39-4)30-24(21)33-15-13-20(33)23-31-34-16-11-18(28)22(34)25(36)35(23)17-9-7-6-8-10-17/h6-12,14,16,20H,5,13,15H2,1-4H3/b14-12+. The number of hydrogen-bond acceptors (Lipinski definition) is 9. The summed E-state index contributed by atoms with van der Waals surface area (Å²) in [4.78, 5) is 40.2. The lowest BCUT2D eigenvalue weighted by atomic mass is 10.00. The van der Waals surface area contributed by atoms with Gasteiger partial charge in [0.2, 0.25) is 0 Å². The fourth-order valence-corrected chi connectivity index (χ4v) is 5.07. The highest BCUT2D eigenvalue weighted by Crippen LogP contribution is 2.40. The Balaban J connectivity index is 1.71. The fraction of sp³-hybridized carbons (Fsp3) is 0.296. The Kier molecular flexibility index (Phi) is 7.62. The molecule has 10 nitrogen and oxygen atoms in total. The lowest BCUT2D eigenvalue weighted by Gasteiger charge is -2.42. The molecule has 39 heavy (non-hydrogen) atoms. The number of hydrogen-bond donors (Lipinski definition) is 0. The van der Waals surface area contributed by atoms with Gasteiger partial charge in [-0.05, 0) is 43.9 Å². The number of nitrogens with zero attached hydrogens (tertiary/aromatic N) is 7. The third kappa shape index (κ3) is 4.99. The zero-order chi connectivity index (χ0) is 27.7. The van der Waals surface area contributed by atoms with E-state index in [2.05, 4.69) is 4.98 Å². The molecule has 3 aromatic heterocycles. The Hall–Kier alpha value is -3.83. The van der Waals surface area contributed by atoms with E-state index in [1.165, 1.54) is 16.3 Å². The van der Waals surface area contributed by atoms with E-state index < -0.39 is 5.97 Å². The molecular formula is C27H28ClN7O3S. The average molecular weight is 566 g/mol. The van der Waals surface area contributed by atoms with E-state index in [0.29, 0.717) is 51.7 Å². The molecule has 0 saturated carbocycles. The fourth-order valence-electron chi connectivity index (χ4n) is 4.48. The average Bonchev–Trinajstić information content (AvgIpc) is 3.27. The number of benzene rings is 1. The lowest BCUT2D eigenvalue weighted by molar-refractivity contribution is 0.0525. The van der Waals surface area contributed by atoms with Crippen molar-refractivity contribution in [3.63, 3.8) is 0 Å². The van der Waals surface area contributed by atoms with Gasteiger partial charge >= 0.3 is 5.97 Å². The van der Waals surface area contributed by atoms with E-state index in [4.69, 9.17) is 26.4 Å². The predicted octanol–water partition coefficient (Wildman–Crippen LogP) is 4.31. The highest BCUT2D eigenvalue weighted by molar-refractivity contribution is 7.98. The van der Waals surface area contributed by atoms with Crippen molar-refractivity contribution in [2.75, 3.05) is 38.4 Å². The van der Waals surface area contributed by atoms with Gasteiger partial charge in [0.15, 0.2) is 11.0 Å². The van der Waals surface area contributed by atoms with Crippen LogP contribution in [0.15, 0.2) is 58.7 Å². The number of esters is 1. The molecule has 0 spiro atoms. The van der Waals surface area contributed by atoms with Gasteiger partial charge in [0, 0.05) is 33.0 Å². The van der Waals surface area contributed by atoms with Gasteiger partial charge in [-0.1, -0.05) is 41.6 Å². The zero-order valence-electron chi connectivity index (χ0n) is 22.0. The molecule has 0 N–H and O–H groups in total. The molecular weight excluding hydrogens is 538 g/mol. The molecule has 202 valence electrons. The number of carbonyl (C=O) groups excluding carboxylic acids is 1. The summed E-state index contributed by atoms with van der Waals surface area (Å²) in [5, 5.41) is 5.68. The Bertz CT molecular complexity index is 1620. The van der Waals surface area contributed by atoms with Crippen molar-refractivity contribution >= 4 is 46.7 Å². The van der Waals surface area contributed by atoms with E-state index >= 15 is 0 Å². The van der Waals surface area contributed by atoms with E-state index in [0.717, 1.165) is 0 Å². The minimum atomic E-state index is -0.509. The summed E-state index contributed by atoms with van der Waals surface area (Å²) < 4.78 is 8.54. The highest BCUT2D eigenvalue weighted by atomic mass is 35.5. The maximum Gasteiger partial charge on any atom is 0.344 e. The molecule has 0 bridgehead atoms. The number of para-hydroxylation sites is 1. The van der Waals surface area contributed by atoms with Gasteiger partial charge in [-0.3, -0.25) is 9.36 Å². The van der Waals surface area contributed by atoms with Crippen molar-refractivity contribution in [2.24, 2.45) is 0 Å². The minimum Gasteiger partial charge on any atom is -0.462 e. The number of halogens is 1. The largest absolute Gasteiger partial charge is 0.462 e. The molecule has 5 rings (SSSR count). The molecule has 4 heterocycles. The molecule has 1 aromatic carbocycles. The van der Waals surface area contributed by atoms with Gasteiger partial charge < -0.3 is 14.5 Å². The van der Waals surface area contributed by atoms with Gasteiger partial charge in [0.05, 0.1) is 29.1 Å². The van der Waals surface area contributed by atoms with Gasteiger partial charge in [-0.15, -0.1) is 0 Å². The van der Waals surface area contributed by atoms with Crippen LogP contribution in [0, 0.1) is 0 Å². The monoisotopic (exact) mass is 565 g/mol. The number of thioether (sulfide) groups is 1. The predicted molar refractivity (Wildman–Crippen MR) is 153 cm³/mol. The highest BCUT2D eigenvalue weighted by Gasteiger charge is 2.39. The molecule has 1 fully saturated rings. The molecule has 0 aliphatic carbocycles. The van der Waals surface area contributed by atoms with Crippen LogP contribution in [-0.4, -0.2) is 68.5 Å². The summed E-state index contributed by atoms with van der Waals surface area (Å²) in [6.07, 6.45) is 7.85. The van der Waals surface area contributed by atoms with Gasteiger partial charge in [-0.2, -0.15) is 5.10 Å². The van der Waals surface area contributed by atoms with Crippen LogP contribution in [0.2, 0.25) is 5.02 Å². The SMILES string of the molecule is CCOC(=O)c1c(/C=C/N(C)C)nc(SC)nc1N1CCC1c1nn2ccc(Cl)c2c(=O)n1-c1ccccc1. The van der Waals surface area contributed by atoms with Crippen LogP contribution in [0.4, 0.5) is 5.82 Å². The second kappa shape index (κ2) is 11.1. The van der Waals surface area contributed by atoms with Crippen molar-refractivity contribution in [3.8, 4) is 5.69 Å². The smallest absolute Gasteiger partial charge is 0.344 e. The van der Waals surface area contributed by atoms with Crippen LogP contribution in [-0.2, 0) is 4.74 Å². The Morgan fingerprint density at radius 3 is 2.64 bits per heavy atom. The van der Waals surface area contributed by atoms with E-state index in [-0.39, 0.29) is 23.8 Å². The van der Waals surface area contributed by atoms with Crippen LogP contribution in [0.25, 0.3) is 17.3 Å². The first kappa shape index (κ1) is 26.8. The summed E-state index contributed by atoms with van der Waals surface area (Å²) in [6, 6.07) is 10.6. The molecule has 1 aliphatic rings. The van der Waals surface area contributed by atoms with Gasteiger partial charge in [0.1, 0.15) is 16.9 Å². The number of carbonyl (C=O) groups is 1. The normalized spacial score (nSPS) is 15.1. The van der Waals surface area contributed by atoms with Gasteiger partial charge in [0.25, 0.3) is 5.56 Å². The Morgan fingerprint density at radius 2 is 2.00 bits per heavy atom. The van der Waals surface area contributed by atoms with Crippen molar-refractivity contribution in [1.29, 1.82) is 0 Å². The number of anilines is 1. The summed E-state index contributed by atoms with van der Waals surface area (Å²) in [7, 11) is 3.78. The summed E-state index contributed by atoms with van der Waals surface area (Å²) in [5.74, 6) is 0.453. The number of fused-ring (bicyclic) bond motifs is 1. The van der Waals surface area contributed by atoms with E-state index in [1.54, 1.807) is 29.8 Å². The molecule has 12 heteroatoms. The van der Waals surface area contributed by atoms with Crippen LogP contribution in [0.3, 0.4) is 0 Å². The van der Waals surface area contributed by atoms with Gasteiger partial charge in [-0.25, -0.2) is 19.3 Å². The number of aromatic nitrogens is 5. The molecule has 0 amide bonds. The molecule has 0 radical (unpaired) electrons. The van der Waals surface area contributed by atoms with Crippen LogP contribution >= 0.6 is 23.4 Å². The van der Waals surface area contributed by atoms with Crippen LogP contribution < -0.4 is 10.5 Å². The van der Waals surface area contributed by atoms with Crippen LogP contribution in [0.1, 0.15) is 41.3 Å². The first-order chi connectivity index (χ1) is 18.8. The topological polar surface area (TPSA) is 97.9 Å². The van der Waals surface area contributed by atoms with Crippen LogP contribution in [0.5, 0.6) is 0 Å². The maximum atomic E-state index is 13.8. The first-order valence-electron chi connectivity index (χ1n) is 12.4. The lowest BCUT2D eigenvalue weighted by Crippen LogP contribution is -2.46. The number of rotatable bonds is 8. The molecule has 4 aromatic rings. The van der Waals surface area contributed by atoms with Crippen molar-refractivity contribution in [1.82, 2.24) is 29.0 Å². The second-order valence-corrected chi connectivity index (χ2v) is 10.3. The van der Waals surface area contributed by atoms with E-state index in [1.807, 2.05) is 66.7 Å². The maximum absolute atomic E-state index is 13.8. The summed E-state index contributed by atoms with van der Waals surface area (Å²) in [5.41, 5.74) is 1.43. The van der Waals surface area contributed by atoms with Crippen molar-refractivity contribution in [2.45, 2.75) is 24.5 Å². The molecule has 1 aliphatic heterocycles. The molecule has 1 saturated heterocycles. The first-order valence-corrected chi connectivity index (χ1v) is 14.0. The minimum absolute atomic E-state index is 0.211. The Morgan fingerprint density at radius 1 is 1.23 bits per heavy atom. The third-order valence-electron chi connectivity index (χ3n) is 6.36. The summed E-state index contributed by atoms with van der Waals surface area (Å²) >= 11 is 7.75. The quantitative estimate of drug-likeness (QED) is 0.176. The van der Waals surface area contributed by atoms with E-state index in [9.17, 15) is 9.59 Å². The number of ether oxygens (including phenoxy) is 1. The van der Waals surface area contributed by atoms with Crippen molar-refractivity contribution in [3.05, 3.63) is 81.3 Å². The third-order valence-corrected chi connectivity index (χ3v) is 7.21. The molecule has 1 atom stereocenters. The molecule has 1 unspecified atom stereocenters.